The van der Waals surface area contributed by atoms with E-state index in [1.165, 1.54) is 18.1 Å². The Kier molecular flexibility index (Phi) is 2.68. The van der Waals surface area contributed by atoms with Crippen molar-refractivity contribution in [2.45, 2.75) is 3.42 Å². The van der Waals surface area contributed by atoms with Gasteiger partial charge in [-0.3, -0.25) is 0 Å². The van der Waals surface area contributed by atoms with Gasteiger partial charge in [-0.15, -0.1) is 0 Å². The summed E-state index contributed by atoms with van der Waals surface area (Å²) < 4.78 is 0.603. The average molecular weight is 257 g/mol. The summed E-state index contributed by atoms with van der Waals surface area (Å²) >= 11 is 4.63. The van der Waals surface area contributed by atoms with E-state index in [2.05, 4.69) is 53.3 Å². The van der Waals surface area contributed by atoms with Crippen molar-refractivity contribution in [1.82, 2.24) is 4.90 Å². The summed E-state index contributed by atoms with van der Waals surface area (Å²) in [5.74, 6) is 2.68. The standard InChI is InChI=1S/C6H12INS/c1-8(2)3-6(7)4-9-5-6/h3-5H2,1-2H3. The second-order valence-corrected chi connectivity index (χ2v) is 6.16. The van der Waals surface area contributed by atoms with Crippen molar-refractivity contribution < 1.29 is 0 Å². The minimum absolute atomic E-state index is 0.603. The number of hydrogen-bond acceptors (Lipinski definition) is 2. The molecule has 1 rings (SSSR count). The Morgan fingerprint density at radius 3 is 2.22 bits per heavy atom. The Hall–Kier alpha value is 1.04. The van der Waals surface area contributed by atoms with Gasteiger partial charge in [-0.05, 0) is 14.1 Å². The van der Waals surface area contributed by atoms with Gasteiger partial charge in [0.15, 0.2) is 0 Å². The van der Waals surface area contributed by atoms with Crippen molar-refractivity contribution in [3.05, 3.63) is 0 Å². The lowest BCUT2D eigenvalue weighted by Gasteiger charge is -2.37. The van der Waals surface area contributed by atoms with E-state index < -0.39 is 0 Å². The molecule has 0 spiro atoms. The molecule has 1 aliphatic rings. The van der Waals surface area contributed by atoms with Crippen LogP contribution in [-0.2, 0) is 0 Å². The Bertz CT molecular complexity index is 101. The van der Waals surface area contributed by atoms with Crippen molar-refractivity contribution in [3.63, 3.8) is 0 Å². The molecule has 3 heteroatoms. The van der Waals surface area contributed by atoms with Crippen LogP contribution in [0.4, 0.5) is 0 Å². The molecule has 0 aromatic rings. The van der Waals surface area contributed by atoms with E-state index in [9.17, 15) is 0 Å². The average Bonchev–Trinajstić information content (AvgIpc) is 1.60. The predicted molar refractivity (Wildman–Crippen MR) is 52.6 cm³/mol. The SMILES string of the molecule is CN(C)CC1(I)CSC1. The van der Waals surface area contributed by atoms with Gasteiger partial charge in [0, 0.05) is 18.1 Å². The molecule has 0 aliphatic carbocycles. The Labute approximate surface area is 74.7 Å². The third kappa shape index (κ3) is 2.27. The molecule has 0 aromatic heterocycles. The summed E-state index contributed by atoms with van der Waals surface area (Å²) in [6.45, 7) is 1.24. The highest BCUT2D eigenvalue weighted by Crippen LogP contribution is 2.37. The van der Waals surface area contributed by atoms with Gasteiger partial charge in [0.1, 0.15) is 0 Å². The van der Waals surface area contributed by atoms with E-state index in [0.717, 1.165) is 0 Å². The molecule has 0 atom stereocenters. The number of nitrogens with zero attached hydrogens (tertiary/aromatic N) is 1. The number of thioether (sulfide) groups is 1. The highest BCUT2D eigenvalue weighted by atomic mass is 127. The second-order valence-electron chi connectivity index (χ2n) is 2.88. The zero-order chi connectivity index (χ0) is 6.91. The van der Waals surface area contributed by atoms with Crippen molar-refractivity contribution in [3.8, 4) is 0 Å². The van der Waals surface area contributed by atoms with Gasteiger partial charge in [-0.25, -0.2) is 0 Å². The first-order chi connectivity index (χ1) is 4.12. The normalized spacial score (nSPS) is 24.0. The Morgan fingerprint density at radius 2 is 2.11 bits per heavy atom. The fraction of sp³-hybridized carbons (Fsp3) is 1.00. The monoisotopic (exact) mass is 257 g/mol. The minimum atomic E-state index is 0.603. The van der Waals surface area contributed by atoms with Crippen LogP contribution in [0.1, 0.15) is 0 Å². The summed E-state index contributed by atoms with van der Waals surface area (Å²) in [6, 6.07) is 0. The summed E-state index contributed by atoms with van der Waals surface area (Å²) in [7, 11) is 4.28. The van der Waals surface area contributed by atoms with Crippen LogP contribution in [0.5, 0.6) is 0 Å². The number of halogens is 1. The molecule has 0 amide bonds. The summed E-state index contributed by atoms with van der Waals surface area (Å²) in [5.41, 5.74) is 0. The summed E-state index contributed by atoms with van der Waals surface area (Å²) in [4.78, 5) is 2.27. The van der Waals surface area contributed by atoms with E-state index >= 15 is 0 Å². The van der Waals surface area contributed by atoms with Gasteiger partial charge in [0.05, 0.1) is 3.42 Å². The second kappa shape index (κ2) is 2.96. The number of hydrogen-bond donors (Lipinski definition) is 0. The summed E-state index contributed by atoms with van der Waals surface area (Å²) in [6.07, 6.45) is 0. The van der Waals surface area contributed by atoms with Crippen LogP contribution in [0.2, 0.25) is 0 Å². The van der Waals surface area contributed by atoms with Gasteiger partial charge in [0.25, 0.3) is 0 Å². The molecule has 0 unspecified atom stereocenters. The number of rotatable bonds is 2. The topological polar surface area (TPSA) is 3.24 Å². The van der Waals surface area contributed by atoms with Crippen LogP contribution in [-0.4, -0.2) is 40.5 Å². The van der Waals surface area contributed by atoms with Crippen molar-refractivity contribution in [2.75, 3.05) is 32.1 Å². The molecule has 1 saturated heterocycles. The quantitative estimate of drug-likeness (QED) is 0.544. The molecule has 0 aromatic carbocycles. The van der Waals surface area contributed by atoms with Crippen LogP contribution < -0.4 is 0 Å². The predicted octanol–water partition coefficient (Wildman–Crippen LogP) is 1.47. The van der Waals surface area contributed by atoms with Gasteiger partial charge >= 0.3 is 0 Å². The first-order valence-corrected chi connectivity index (χ1v) is 5.27. The molecule has 9 heavy (non-hydrogen) atoms. The molecule has 0 saturated carbocycles. The molecule has 54 valence electrons. The number of alkyl halides is 1. The molecule has 1 heterocycles. The van der Waals surface area contributed by atoms with Crippen LogP contribution in [0, 0.1) is 0 Å². The maximum Gasteiger partial charge on any atom is 0.0529 e. The van der Waals surface area contributed by atoms with Crippen LogP contribution in [0.25, 0.3) is 0 Å². The first kappa shape index (κ1) is 8.14. The van der Waals surface area contributed by atoms with E-state index in [4.69, 9.17) is 0 Å². The van der Waals surface area contributed by atoms with Gasteiger partial charge in [-0.2, -0.15) is 11.8 Å². The zero-order valence-electron chi connectivity index (χ0n) is 5.85. The minimum Gasteiger partial charge on any atom is -0.308 e. The van der Waals surface area contributed by atoms with Crippen molar-refractivity contribution in [2.24, 2.45) is 0 Å². The highest BCUT2D eigenvalue weighted by Gasteiger charge is 2.34. The fourth-order valence-corrected chi connectivity index (χ4v) is 3.81. The maximum absolute atomic E-state index is 2.58. The molecular formula is C6H12INS. The molecule has 0 bridgehead atoms. The lowest BCUT2D eigenvalue weighted by molar-refractivity contribution is 0.380. The van der Waals surface area contributed by atoms with Crippen LogP contribution >= 0.6 is 34.4 Å². The van der Waals surface area contributed by atoms with Crippen molar-refractivity contribution >= 4 is 34.4 Å². The van der Waals surface area contributed by atoms with Crippen LogP contribution in [0.15, 0.2) is 0 Å². The van der Waals surface area contributed by atoms with E-state index in [1.54, 1.807) is 0 Å². The molecular weight excluding hydrogens is 245 g/mol. The van der Waals surface area contributed by atoms with Gasteiger partial charge in [0.2, 0.25) is 0 Å². The zero-order valence-corrected chi connectivity index (χ0v) is 8.83. The molecule has 0 radical (unpaired) electrons. The first-order valence-electron chi connectivity index (χ1n) is 3.04. The smallest absolute Gasteiger partial charge is 0.0529 e. The lowest BCUT2D eigenvalue weighted by Crippen LogP contribution is -2.45. The fourth-order valence-electron chi connectivity index (χ4n) is 0.982. The van der Waals surface area contributed by atoms with E-state index in [-0.39, 0.29) is 0 Å². The van der Waals surface area contributed by atoms with E-state index in [0.29, 0.717) is 3.42 Å². The maximum atomic E-state index is 2.58. The molecule has 1 fully saturated rings. The van der Waals surface area contributed by atoms with Crippen LogP contribution in [0.3, 0.4) is 0 Å². The third-order valence-corrected chi connectivity index (χ3v) is 4.97. The molecule has 1 aliphatic heterocycles. The van der Waals surface area contributed by atoms with Gasteiger partial charge < -0.3 is 4.90 Å². The largest absolute Gasteiger partial charge is 0.308 e. The van der Waals surface area contributed by atoms with Crippen molar-refractivity contribution in [1.29, 1.82) is 0 Å². The molecule has 0 N–H and O–H groups in total. The highest BCUT2D eigenvalue weighted by molar-refractivity contribution is 14.1. The van der Waals surface area contributed by atoms with E-state index in [1.807, 2.05) is 0 Å². The van der Waals surface area contributed by atoms with Gasteiger partial charge in [-0.1, -0.05) is 22.6 Å². The Morgan fingerprint density at radius 1 is 1.56 bits per heavy atom. The Balaban J connectivity index is 2.24. The summed E-state index contributed by atoms with van der Waals surface area (Å²) in [5, 5.41) is 0. The third-order valence-electron chi connectivity index (χ3n) is 1.32. The lowest BCUT2D eigenvalue weighted by atomic mass is 10.2. The molecule has 1 nitrogen and oxygen atoms in total.